The van der Waals surface area contributed by atoms with E-state index in [1.54, 1.807) is 4.31 Å². The Labute approximate surface area is 139 Å². The summed E-state index contributed by atoms with van der Waals surface area (Å²) in [7, 11) is -3.07. The van der Waals surface area contributed by atoms with Gasteiger partial charge >= 0.3 is 0 Å². The fourth-order valence-electron chi connectivity index (χ4n) is 3.06. The van der Waals surface area contributed by atoms with Crippen LogP contribution in [-0.2, 0) is 14.8 Å². The number of nitrogens with zero attached hydrogens (tertiary/aromatic N) is 2. The number of sulfonamides is 1. The zero-order chi connectivity index (χ0) is 16.9. The molecule has 2 unspecified atom stereocenters. The van der Waals surface area contributed by atoms with Gasteiger partial charge in [-0.2, -0.15) is 0 Å². The van der Waals surface area contributed by atoms with E-state index in [0.717, 1.165) is 44.9 Å². The molecular weight excluding hydrogens is 316 g/mol. The maximum atomic E-state index is 11.6. The number of aliphatic imine (C=N–C) groups is 1. The highest BCUT2D eigenvalue weighted by molar-refractivity contribution is 7.88. The first-order valence-corrected chi connectivity index (χ1v) is 10.3. The zero-order valence-corrected chi connectivity index (χ0v) is 15.3. The number of guanidine groups is 1. The molecule has 2 atom stereocenters. The van der Waals surface area contributed by atoms with E-state index < -0.39 is 10.0 Å². The molecule has 0 aromatic rings. The van der Waals surface area contributed by atoms with Gasteiger partial charge in [-0.05, 0) is 39.0 Å². The van der Waals surface area contributed by atoms with Crippen LogP contribution in [0.1, 0.15) is 33.1 Å². The highest BCUT2D eigenvalue weighted by Crippen LogP contribution is 2.25. The molecule has 0 amide bonds. The summed E-state index contributed by atoms with van der Waals surface area (Å²) in [6, 6.07) is 0. The average Bonchev–Trinajstić information content (AvgIpc) is 3.11. The third-order valence-electron chi connectivity index (χ3n) is 4.49. The normalized spacial score (nSPS) is 29.9. The number of ether oxygens (including phenoxy) is 1. The smallest absolute Gasteiger partial charge is 0.211 e. The van der Waals surface area contributed by atoms with E-state index in [1.165, 1.54) is 6.26 Å². The molecule has 0 saturated carbocycles. The molecule has 0 spiro atoms. The van der Waals surface area contributed by atoms with Crippen molar-refractivity contribution in [2.24, 2.45) is 10.9 Å². The molecule has 23 heavy (non-hydrogen) atoms. The first kappa shape index (κ1) is 18.5. The van der Waals surface area contributed by atoms with Gasteiger partial charge in [0.1, 0.15) is 0 Å². The van der Waals surface area contributed by atoms with Crippen LogP contribution in [0, 0.1) is 5.92 Å². The quantitative estimate of drug-likeness (QED) is 0.537. The molecule has 2 heterocycles. The molecule has 2 rings (SSSR count). The lowest BCUT2D eigenvalue weighted by Gasteiger charge is -2.22. The van der Waals surface area contributed by atoms with Crippen molar-refractivity contribution in [2.75, 3.05) is 45.6 Å². The number of hydrogen-bond donors (Lipinski definition) is 2. The van der Waals surface area contributed by atoms with Crippen molar-refractivity contribution in [3.63, 3.8) is 0 Å². The number of nitrogens with one attached hydrogen (secondary N) is 2. The first-order chi connectivity index (χ1) is 10.8. The maximum Gasteiger partial charge on any atom is 0.211 e. The van der Waals surface area contributed by atoms with Gasteiger partial charge in [0.05, 0.1) is 18.4 Å². The minimum Gasteiger partial charge on any atom is -0.373 e. The van der Waals surface area contributed by atoms with E-state index in [-0.39, 0.29) is 5.60 Å². The number of rotatable bonds is 6. The van der Waals surface area contributed by atoms with E-state index in [9.17, 15) is 8.42 Å². The summed E-state index contributed by atoms with van der Waals surface area (Å²) < 4.78 is 30.4. The van der Waals surface area contributed by atoms with Gasteiger partial charge in [-0.3, -0.25) is 4.99 Å². The SMILES string of the molecule is CCNC(=NCC1(C)CCCO1)NCC1CCN(S(C)(=O)=O)C1. The topological polar surface area (TPSA) is 83.0 Å². The van der Waals surface area contributed by atoms with Gasteiger partial charge in [0.25, 0.3) is 0 Å². The van der Waals surface area contributed by atoms with Crippen LogP contribution in [0.15, 0.2) is 4.99 Å². The van der Waals surface area contributed by atoms with Crippen molar-refractivity contribution in [3.05, 3.63) is 0 Å². The Kier molecular flexibility index (Phi) is 6.27. The maximum absolute atomic E-state index is 11.6. The molecule has 2 aliphatic rings. The molecule has 134 valence electrons. The van der Waals surface area contributed by atoms with Crippen LogP contribution in [0.3, 0.4) is 0 Å². The molecule has 2 aliphatic heterocycles. The summed E-state index contributed by atoms with van der Waals surface area (Å²) in [4.78, 5) is 4.63. The predicted octanol–water partition coefficient (Wildman–Crippen LogP) is 0.392. The molecule has 0 aromatic carbocycles. The van der Waals surface area contributed by atoms with Crippen LogP contribution in [0.5, 0.6) is 0 Å². The second-order valence-electron chi connectivity index (χ2n) is 6.75. The lowest BCUT2D eigenvalue weighted by molar-refractivity contribution is 0.0283. The third-order valence-corrected chi connectivity index (χ3v) is 5.76. The summed E-state index contributed by atoms with van der Waals surface area (Å²) in [5, 5.41) is 6.58. The van der Waals surface area contributed by atoms with Crippen molar-refractivity contribution in [1.82, 2.24) is 14.9 Å². The minimum atomic E-state index is -3.07. The first-order valence-electron chi connectivity index (χ1n) is 8.44. The van der Waals surface area contributed by atoms with Crippen molar-refractivity contribution in [2.45, 2.75) is 38.7 Å². The Morgan fingerprint density at radius 3 is 2.78 bits per heavy atom. The highest BCUT2D eigenvalue weighted by atomic mass is 32.2. The standard InChI is InChI=1S/C15H30N4O3S/c1-4-16-14(18-12-15(2)7-5-9-22-15)17-10-13-6-8-19(11-13)23(3,20)21/h13H,4-12H2,1-3H3,(H2,16,17,18). The van der Waals surface area contributed by atoms with Gasteiger partial charge in [-0.15, -0.1) is 0 Å². The fourth-order valence-corrected chi connectivity index (χ4v) is 3.97. The van der Waals surface area contributed by atoms with Crippen molar-refractivity contribution in [1.29, 1.82) is 0 Å². The molecule has 2 fully saturated rings. The highest BCUT2D eigenvalue weighted by Gasteiger charge is 2.30. The van der Waals surface area contributed by atoms with Gasteiger partial charge in [-0.1, -0.05) is 0 Å². The molecule has 0 radical (unpaired) electrons. The van der Waals surface area contributed by atoms with Gasteiger partial charge in [0.15, 0.2) is 5.96 Å². The van der Waals surface area contributed by atoms with Crippen LogP contribution >= 0.6 is 0 Å². The second kappa shape index (κ2) is 7.81. The summed E-state index contributed by atoms with van der Waals surface area (Å²) in [6.45, 7) is 8.33. The largest absolute Gasteiger partial charge is 0.373 e. The monoisotopic (exact) mass is 346 g/mol. The van der Waals surface area contributed by atoms with Gasteiger partial charge in [0.2, 0.25) is 10.0 Å². The Hall–Kier alpha value is -0.860. The Morgan fingerprint density at radius 2 is 2.22 bits per heavy atom. The minimum absolute atomic E-state index is 0.150. The van der Waals surface area contributed by atoms with E-state index >= 15 is 0 Å². The summed E-state index contributed by atoms with van der Waals surface area (Å²) >= 11 is 0. The zero-order valence-electron chi connectivity index (χ0n) is 14.5. The van der Waals surface area contributed by atoms with E-state index in [1.807, 2.05) is 6.92 Å². The lowest BCUT2D eigenvalue weighted by atomic mass is 10.0. The van der Waals surface area contributed by atoms with Gasteiger partial charge in [-0.25, -0.2) is 12.7 Å². The molecule has 0 aliphatic carbocycles. The van der Waals surface area contributed by atoms with Crippen molar-refractivity contribution < 1.29 is 13.2 Å². The van der Waals surface area contributed by atoms with Gasteiger partial charge in [0, 0.05) is 32.8 Å². The van der Waals surface area contributed by atoms with Crippen molar-refractivity contribution in [3.8, 4) is 0 Å². The summed E-state index contributed by atoms with van der Waals surface area (Å²) in [5.41, 5.74) is -0.150. The van der Waals surface area contributed by atoms with Crippen LogP contribution in [0.4, 0.5) is 0 Å². The van der Waals surface area contributed by atoms with Crippen molar-refractivity contribution >= 4 is 16.0 Å². The Morgan fingerprint density at radius 1 is 1.43 bits per heavy atom. The molecule has 2 saturated heterocycles. The van der Waals surface area contributed by atoms with E-state index in [2.05, 4.69) is 22.5 Å². The molecule has 0 bridgehead atoms. The fraction of sp³-hybridized carbons (Fsp3) is 0.933. The second-order valence-corrected chi connectivity index (χ2v) is 8.74. The number of hydrogen-bond acceptors (Lipinski definition) is 4. The van der Waals surface area contributed by atoms with Gasteiger partial charge < -0.3 is 15.4 Å². The van der Waals surface area contributed by atoms with Crippen LogP contribution in [-0.4, -0.2) is 69.9 Å². The Bertz CT molecular complexity index is 515. The predicted molar refractivity (Wildman–Crippen MR) is 92.1 cm³/mol. The van der Waals surface area contributed by atoms with Crippen LogP contribution in [0.2, 0.25) is 0 Å². The summed E-state index contributed by atoms with van der Waals surface area (Å²) in [6.07, 6.45) is 4.30. The summed E-state index contributed by atoms with van der Waals surface area (Å²) in [5.74, 6) is 1.11. The van der Waals surface area contributed by atoms with Crippen LogP contribution < -0.4 is 10.6 Å². The van der Waals surface area contributed by atoms with E-state index in [0.29, 0.717) is 25.6 Å². The van der Waals surface area contributed by atoms with E-state index in [4.69, 9.17) is 4.74 Å². The van der Waals surface area contributed by atoms with Crippen LogP contribution in [0.25, 0.3) is 0 Å². The average molecular weight is 346 g/mol. The molecule has 0 aromatic heterocycles. The molecule has 2 N–H and O–H groups in total. The molecule has 8 heteroatoms. The third kappa shape index (κ3) is 5.61. The molecular formula is C15H30N4O3S. The molecule has 7 nitrogen and oxygen atoms in total. The Balaban J connectivity index is 1.83. The lowest BCUT2D eigenvalue weighted by Crippen LogP contribution is -2.41.